The zero-order valence-electron chi connectivity index (χ0n) is 11.8. The second-order valence-electron chi connectivity index (χ2n) is 4.83. The van der Waals surface area contributed by atoms with Gasteiger partial charge in [0.2, 0.25) is 5.91 Å². The van der Waals surface area contributed by atoms with Gasteiger partial charge in [-0.25, -0.2) is 4.98 Å². The minimum Gasteiger partial charge on any atom is -0.399 e. The molecule has 0 aliphatic rings. The van der Waals surface area contributed by atoms with E-state index >= 15 is 0 Å². The van der Waals surface area contributed by atoms with Gasteiger partial charge < -0.3 is 11.1 Å². The lowest BCUT2D eigenvalue weighted by Crippen LogP contribution is -2.12. The summed E-state index contributed by atoms with van der Waals surface area (Å²) in [5.74, 6) is 0.0191. The van der Waals surface area contributed by atoms with Crippen LogP contribution in [0.5, 0.6) is 0 Å². The summed E-state index contributed by atoms with van der Waals surface area (Å²) < 4.78 is 0. The molecule has 0 aliphatic carbocycles. The molecule has 4 nitrogen and oxygen atoms in total. The van der Waals surface area contributed by atoms with Crippen molar-refractivity contribution < 1.29 is 4.79 Å². The Morgan fingerprint density at radius 3 is 2.90 bits per heavy atom. The van der Waals surface area contributed by atoms with E-state index in [4.69, 9.17) is 5.73 Å². The van der Waals surface area contributed by atoms with Crippen LogP contribution in [0.3, 0.4) is 0 Å². The van der Waals surface area contributed by atoms with Crippen LogP contribution in [-0.4, -0.2) is 10.9 Å². The number of nitrogens with two attached hydrogens (primary N) is 1. The van der Waals surface area contributed by atoms with E-state index in [0.29, 0.717) is 12.1 Å². The van der Waals surface area contributed by atoms with Crippen molar-refractivity contribution in [3.05, 3.63) is 39.8 Å². The van der Waals surface area contributed by atoms with Crippen LogP contribution in [0.1, 0.15) is 29.1 Å². The number of benzene rings is 1. The lowest BCUT2D eigenvalue weighted by atomic mass is 10.1. The van der Waals surface area contributed by atoms with Crippen LogP contribution in [0.4, 0.5) is 11.4 Å². The molecule has 0 spiro atoms. The Labute approximate surface area is 123 Å². The van der Waals surface area contributed by atoms with Crippen LogP contribution in [0, 0.1) is 13.8 Å². The van der Waals surface area contributed by atoms with Crippen LogP contribution in [0.25, 0.3) is 0 Å². The molecule has 1 aromatic heterocycles. The number of rotatable bonds is 5. The second-order valence-corrected chi connectivity index (χ2v) is 5.90. The number of amides is 1. The molecule has 106 valence electrons. The largest absolute Gasteiger partial charge is 0.399 e. The summed E-state index contributed by atoms with van der Waals surface area (Å²) in [6, 6.07) is 5.52. The molecule has 0 atom stereocenters. The summed E-state index contributed by atoms with van der Waals surface area (Å²) in [4.78, 5) is 16.3. The van der Waals surface area contributed by atoms with E-state index in [1.54, 1.807) is 17.4 Å². The van der Waals surface area contributed by atoms with E-state index < -0.39 is 0 Å². The number of anilines is 2. The molecule has 1 aromatic carbocycles. The highest BCUT2D eigenvalue weighted by Crippen LogP contribution is 2.18. The van der Waals surface area contributed by atoms with Crippen molar-refractivity contribution >= 4 is 28.6 Å². The molecular formula is C15H19N3OS. The lowest BCUT2D eigenvalue weighted by Gasteiger charge is -2.09. The van der Waals surface area contributed by atoms with Crippen molar-refractivity contribution in [3.8, 4) is 0 Å². The molecule has 2 rings (SSSR count). The number of nitrogen functional groups attached to an aromatic ring is 1. The third kappa shape index (κ3) is 4.06. The maximum atomic E-state index is 11.9. The van der Waals surface area contributed by atoms with Gasteiger partial charge >= 0.3 is 0 Å². The summed E-state index contributed by atoms with van der Waals surface area (Å²) >= 11 is 1.64. The van der Waals surface area contributed by atoms with Crippen molar-refractivity contribution in [1.29, 1.82) is 0 Å². The van der Waals surface area contributed by atoms with Crippen LogP contribution >= 0.6 is 11.3 Å². The molecule has 0 bridgehead atoms. The SMILES string of the molecule is Cc1nc(CCCC(=O)Nc2cc(N)ccc2C)cs1. The van der Waals surface area contributed by atoms with Gasteiger partial charge in [-0.15, -0.1) is 11.3 Å². The summed E-state index contributed by atoms with van der Waals surface area (Å²) in [6.07, 6.45) is 2.13. The molecule has 1 heterocycles. The number of hydrogen-bond acceptors (Lipinski definition) is 4. The average Bonchev–Trinajstić information content (AvgIpc) is 2.80. The normalized spacial score (nSPS) is 10.5. The molecule has 0 radical (unpaired) electrons. The first kappa shape index (κ1) is 14.5. The Bertz CT molecular complexity index is 607. The van der Waals surface area contributed by atoms with Crippen molar-refractivity contribution in [1.82, 2.24) is 4.98 Å². The number of nitrogens with zero attached hydrogens (tertiary/aromatic N) is 1. The molecule has 0 saturated heterocycles. The van der Waals surface area contributed by atoms with Crippen LogP contribution in [0.15, 0.2) is 23.6 Å². The summed E-state index contributed by atoms with van der Waals surface area (Å²) in [5, 5.41) is 6.03. The van der Waals surface area contributed by atoms with Crippen molar-refractivity contribution in [2.75, 3.05) is 11.1 Å². The number of nitrogens with one attached hydrogen (secondary N) is 1. The maximum Gasteiger partial charge on any atom is 0.224 e. The summed E-state index contributed by atoms with van der Waals surface area (Å²) in [7, 11) is 0. The van der Waals surface area contributed by atoms with E-state index in [2.05, 4.69) is 15.7 Å². The Morgan fingerprint density at radius 1 is 1.40 bits per heavy atom. The molecular weight excluding hydrogens is 270 g/mol. The molecule has 1 amide bonds. The van der Waals surface area contributed by atoms with Gasteiger partial charge in [0.05, 0.1) is 10.7 Å². The predicted molar refractivity (Wildman–Crippen MR) is 84.0 cm³/mol. The molecule has 0 unspecified atom stereocenters. The molecule has 3 N–H and O–H groups in total. The fraction of sp³-hybridized carbons (Fsp3) is 0.333. The van der Waals surface area contributed by atoms with E-state index in [-0.39, 0.29) is 5.91 Å². The van der Waals surface area contributed by atoms with Gasteiger partial charge in [-0.05, 0) is 44.4 Å². The molecule has 5 heteroatoms. The summed E-state index contributed by atoms with van der Waals surface area (Å²) in [5.41, 5.74) is 9.26. The van der Waals surface area contributed by atoms with Crippen LogP contribution < -0.4 is 11.1 Å². The van der Waals surface area contributed by atoms with Gasteiger partial charge in [-0.3, -0.25) is 4.79 Å². The van der Waals surface area contributed by atoms with E-state index in [1.807, 2.05) is 26.0 Å². The van der Waals surface area contributed by atoms with Gasteiger partial charge in [-0.1, -0.05) is 6.07 Å². The van der Waals surface area contributed by atoms with Crippen molar-refractivity contribution in [2.45, 2.75) is 33.1 Å². The monoisotopic (exact) mass is 289 g/mol. The quantitative estimate of drug-likeness (QED) is 0.830. The lowest BCUT2D eigenvalue weighted by molar-refractivity contribution is -0.116. The fourth-order valence-electron chi connectivity index (χ4n) is 1.94. The topological polar surface area (TPSA) is 68.0 Å². The molecule has 0 aliphatic heterocycles. The number of aryl methyl sites for hydroxylation is 3. The third-order valence-electron chi connectivity index (χ3n) is 3.04. The Hall–Kier alpha value is -1.88. The zero-order chi connectivity index (χ0) is 14.5. The molecule has 0 fully saturated rings. The Balaban J connectivity index is 1.82. The second kappa shape index (κ2) is 6.52. The number of hydrogen-bond donors (Lipinski definition) is 2. The third-order valence-corrected chi connectivity index (χ3v) is 3.86. The van der Waals surface area contributed by atoms with Crippen LogP contribution in [0.2, 0.25) is 0 Å². The van der Waals surface area contributed by atoms with Gasteiger partial charge in [0.1, 0.15) is 0 Å². The van der Waals surface area contributed by atoms with Gasteiger partial charge in [-0.2, -0.15) is 0 Å². The minimum atomic E-state index is 0.0191. The Morgan fingerprint density at radius 2 is 2.20 bits per heavy atom. The maximum absolute atomic E-state index is 11.9. The highest BCUT2D eigenvalue weighted by molar-refractivity contribution is 7.09. The highest BCUT2D eigenvalue weighted by Gasteiger charge is 2.06. The molecule has 20 heavy (non-hydrogen) atoms. The standard InChI is InChI=1S/C15H19N3OS/c1-10-6-7-12(16)8-14(10)18-15(19)5-3-4-13-9-20-11(2)17-13/h6-9H,3-5,16H2,1-2H3,(H,18,19). The summed E-state index contributed by atoms with van der Waals surface area (Å²) in [6.45, 7) is 3.94. The zero-order valence-corrected chi connectivity index (χ0v) is 12.6. The first-order chi connectivity index (χ1) is 9.54. The van der Waals surface area contributed by atoms with Crippen LogP contribution in [-0.2, 0) is 11.2 Å². The van der Waals surface area contributed by atoms with E-state index in [9.17, 15) is 4.79 Å². The molecule has 0 saturated carbocycles. The average molecular weight is 289 g/mol. The number of carbonyl (C=O) groups is 1. The Kier molecular flexibility index (Phi) is 4.74. The minimum absolute atomic E-state index is 0.0191. The van der Waals surface area contributed by atoms with Gasteiger partial charge in [0, 0.05) is 23.2 Å². The van der Waals surface area contributed by atoms with Crippen molar-refractivity contribution in [3.63, 3.8) is 0 Å². The first-order valence-electron chi connectivity index (χ1n) is 6.61. The highest BCUT2D eigenvalue weighted by atomic mass is 32.1. The molecule has 2 aromatic rings. The van der Waals surface area contributed by atoms with E-state index in [0.717, 1.165) is 34.8 Å². The predicted octanol–water partition coefficient (Wildman–Crippen LogP) is 3.30. The smallest absolute Gasteiger partial charge is 0.224 e. The number of carbonyl (C=O) groups excluding carboxylic acids is 1. The number of aromatic nitrogens is 1. The fourth-order valence-corrected chi connectivity index (χ4v) is 2.59. The first-order valence-corrected chi connectivity index (χ1v) is 7.49. The van der Waals surface area contributed by atoms with Gasteiger partial charge in [0.15, 0.2) is 0 Å². The van der Waals surface area contributed by atoms with E-state index in [1.165, 1.54) is 0 Å². The number of thiazole rings is 1. The van der Waals surface area contributed by atoms with Gasteiger partial charge in [0.25, 0.3) is 0 Å². The van der Waals surface area contributed by atoms with Crippen molar-refractivity contribution in [2.24, 2.45) is 0 Å².